The lowest BCUT2D eigenvalue weighted by Crippen LogP contribution is -2.24. The molecule has 0 spiro atoms. The molecule has 2 rings (SSSR count). The summed E-state index contributed by atoms with van der Waals surface area (Å²) in [5.41, 5.74) is 1.01. The van der Waals surface area contributed by atoms with Gasteiger partial charge in [-0.1, -0.05) is 6.08 Å². The van der Waals surface area contributed by atoms with Gasteiger partial charge in [-0.15, -0.1) is 6.58 Å². The van der Waals surface area contributed by atoms with Gasteiger partial charge in [-0.25, -0.2) is 4.98 Å². The van der Waals surface area contributed by atoms with Gasteiger partial charge >= 0.3 is 0 Å². The van der Waals surface area contributed by atoms with Crippen LogP contribution in [0.5, 0.6) is 0 Å². The molecule has 5 nitrogen and oxygen atoms in total. The summed E-state index contributed by atoms with van der Waals surface area (Å²) < 4.78 is 3.97. The van der Waals surface area contributed by atoms with Gasteiger partial charge < -0.3 is 9.88 Å². The number of anilines is 1. The Kier molecular flexibility index (Phi) is 3.82. The monoisotopic (exact) mass is 245 g/mol. The number of hydrogen-bond acceptors (Lipinski definition) is 3. The normalized spacial score (nSPS) is 12.3. The Morgan fingerprint density at radius 2 is 2.39 bits per heavy atom. The van der Waals surface area contributed by atoms with Crippen molar-refractivity contribution < 1.29 is 0 Å². The summed E-state index contributed by atoms with van der Waals surface area (Å²) in [5, 5.41) is 7.59. The zero-order valence-electron chi connectivity index (χ0n) is 10.9. The minimum Gasteiger partial charge on any atom is -0.351 e. The highest BCUT2D eigenvalue weighted by atomic mass is 15.3. The summed E-state index contributed by atoms with van der Waals surface area (Å²) in [5.74, 6) is 0.882. The zero-order valence-corrected chi connectivity index (χ0v) is 10.9. The third-order valence-electron chi connectivity index (χ3n) is 2.62. The smallest absolute Gasteiger partial charge is 0.203 e. The summed E-state index contributed by atoms with van der Waals surface area (Å²) >= 11 is 0. The van der Waals surface area contributed by atoms with E-state index in [4.69, 9.17) is 0 Å². The molecular formula is C13H19N5. The molecule has 0 aliphatic rings. The fourth-order valence-corrected chi connectivity index (χ4v) is 1.90. The highest BCUT2D eigenvalue weighted by Gasteiger charge is 2.08. The molecule has 0 bridgehead atoms. The number of imidazole rings is 1. The van der Waals surface area contributed by atoms with Gasteiger partial charge in [-0.2, -0.15) is 5.10 Å². The summed E-state index contributed by atoms with van der Waals surface area (Å²) in [6, 6.07) is 2.19. The Bertz CT molecular complexity index is 497. The Labute approximate surface area is 107 Å². The van der Waals surface area contributed by atoms with Gasteiger partial charge in [0, 0.05) is 31.2 Å². The molecule has 2 aromatic heterocycles. The third kappa shape index (κ3) is 3.00. The standard InChI is InChI=1S/C13H19N5/c1-4-7-17-9-11(2)15-13(17)16-12(3)10-18-8-5-6-14-18/h4-6,8-9,12H,1,7,10H2,2-3H3,(H,15,16). The van der Waals surface area contributed by atoms with Crippen molar-refractivity contribution in [1.82, 2.24) is 19.3 Å². The molecule has 0 saturated carbocycles. The largest absolute Gasteiger partial charge is 0.351 e. The maximum atomic E-state index is 4.47. The van der Waals surface area contributed by atoms with Gasteiger partial charge in [0.05, 0.1) is 12.2 Å². The number of aryl methyl sites for hydroxylation is 1. The van der Waals surface area contributed by atoms with Crippen LogP contribution in [-0.2, 0) is 13.1 Å². The highest BCUT2D eigenvalue weighted by Crippen LogP contribution is 2.10. The Morgan fingerprint density at radius 1 is 1.56 bits per heavy atom. The van der Waals surface area contributed by atoms with Gasteiger partial charge in [0.2, 0.25) is 5.95 Å². The van der Waals surface area contributed by atoms with Crippen molar-refractivity contribution in [2.45, 2.75) is 33.0 Å². The first kappa shape index (κ1) is 12.4. The molecule has 96 valence electrons. The van der Waals surface area contributed by atoms with Crippen LogP contribution in [0.3, 0.4) is 0 Å². The second-order valence-corrected chi connectivity index (χ2v) is 4.42. The highest BCUT2D eigenvalue weighted by molar-refractivity contribution is 5.30. The van der Waals surface area contributed by atoms with Crippen LogP contribution in [-0.4, -0.2) is 25.4 Å². The molecule has 2 heterocycles. The molecule has 0 aliphatic heterocycles. The van der Waals surface area contributed by atoms with Crippen LogP contribution in [0.25, 0.3) is 0 Å². The maximum absolute atomic E-state index is 4.47. The van der Waals surface area contributed by atoms with Gasteiger partial charge in [-0.05, 0) is 19.9 Å². The van der Waals surface area contributed by atoms with Crippen molar-refractivity contribution in [3.8, 4) is 0 Å². The molecule has 2 aromatic rings. The number of aromatic nitrogens is 4. The van der Waals surface area contributed by atoms with E-state index < -0.39 is 0 Å². The van der Waals surface area contributed by atoms with Gasteiger partial charge in [0.1, 0.15) is 0 Å². The van der Waals surface area contributed by atoms with E-state index in [0.717, 1.165) is 24.7 Å². The number of allylic oxidation sites excluding steroid dienone is 1. The summed E-state index contributed by atoms with van der Waals surface area (Å²) in [6.07, 6.45) is 7.63. The van der Waals surface area contributed by atoms with E-state index in [9.17, 15) is 0 Å². The SMILES string of the molecule is C=CCn1cc(C)nc1NC(C)Cn1cccn1. The third-order valence-corrected chi connectivity index (χ3v) is 2.62. The fraction of sp³-hybridized carbons (Fsp3) is 0.385. The lowest BCUT2D eigenvalue weighted by molar-refractivity contribution is 0.556. The molecule has 18 heavy (non-hydrogen) atoms. The molecule has 1 unspecified atom stereocenters. The van der Waals surface area contributed by atoms with Crippen LogP contribution in [0.4, 0.5) is 5.95 Å². The predicted octanol–water partition coefficient (Wildman–Crippen LogP) is 2.07. The van der Waals surface area contributed by atoms with E-state index in [2.05, 4.69) is 33.5 Å². The van der Waals surface area contributed by atoms with Crippen molar-refractivity contribution in [1.29, 1.82) is 0 Å². The summed E-state index contributed by atoms with van der Waals surface area (Å²) in [7, 11) is 0. The van der Waals surface area contributed by atoms with E-state index in [1.165, 1.54) is 0 Å². The van der Waals surface area contributed by atoms with E-state index in [1.54, 1.807) is 6.20 Å². The molecule has 5 heteroatoms. The molecule has 1 atom stereocenters. The van der Waals surface area contributed by atoms with E-state index in [1.807, 2.05) is 36.1 Å². The summed E-state index contributed by atoms with van der Waals surface area (Å²) in [6.45, 7) is 9.43. The number of rotatable bonds is 6. The van der Waals surface area contributed by atoms with Crippen molar-refractivity contribution in [2.24, 2.45) is 0 Å². The average Bonchev–Trinajstić information content (AvgIpc) is 2.90. The molecule has 0 aromatic carbocycles. The Hall–Kier alpha value is -2.04. The van der Waals surface area contributed by atoms with Gasteiger partial charge in [0.15, 0.2) is 0 Å². The van der Waals surface area contributed by atoms with Crippen molar-refractivity contribution >= 4 is 5.95 Å². The number of hydrogen-bond donors (Lipinski definition) is 1. The van der Waals surface area contributed by atoms with Gasteiger partial charge in [0.25, 0.3) is 0 Å². The fourth-order valence-electron chi connectivity index (χ4n) is 1.90. The van der Waals surface area contributed by atoms with E-state index in [0.29, 0.717) is 0 Å². The molecule has 1 N–H and O–H groups in total. The van der Waals surface area contributed by atoms with Crippen molar-refractivity contribution in [3.05, 3.63) is 43.0 Å². The lowest BCUT2D eigenvalue weighted by atomic mass is 10.3. The topological polar surface area (TPSA) is 47.7 Å². The molecule has 0 radical (unpaired) electrons. The van der Waals surface area contributed by atoms with Crippen LogP contribution >= 0.6 is 0 Å². The van der Waals surface area contributed by atoms with Crippen LogP contribution in [0.15, 0.2) is 37.3 Å². The van der Waals surface area contributed by atoms with Crippen molar-refractivity contribution in [3.63, 3.8) is 0 Å². The quantitative estimate of drug-likeness (QED) is 0.793. The second kappa shape index (κ2) is 5.53. The number of nitrogens with one attached hydrogen (secondary N) is 1. The average molecular weight is 245 g/mol. The second-order valence-electron chi connectivity index (χ2n) is 4.42. The van der Waals surface area contributed by atoms with Crippen LogP contribution in [0.2, 0.25) is 0 Å². The minimum absolute atomic E-state index is 0.260. The van der Waals surface area contributed by atoms with Crippen molar-refractivity contribution in [2.75, 3.05) is 5.32 Å². The molecular weight excluding hydrogens is 226 g/mol. The van der Waals surface area contributed by atoms with Gasteiger partial charge in [-0.3, -0.25) is 4.68 Å². The maximum Gasteiger partial charge on any atom is 0.203 e. The molecule has 0 saturated heterocycles. The van der Waals surface area contributed by atoms with Crippen LogP contribution in [0, 0.1) is 6.92 Å². The van der Waals surface area contributed by atoms with E-state index >= 15 is 0 Å². The number of nitrogens with zero attached hydrogens (tertiary/aromatic N) is 4. The first-order valence-electron chi connectivity index (χ1n) is 6.07. The Morgan fingerprint density at radius 3 is 3.06 bits per heavy atom. The minimum atomic E-state index is 0.260. The predicted molar refractivity (Wildman–Crippen MR) is 72.5 cm³/mol. The van der Waals surface area contributed by atoms with Crippen LogP contribution < -0.4 is 5.32 Å². The van der Waals surface area contributed by atoms with Crippen LogP contribution in [0.1, 0.15) is 12.6 Å². The first-order valence-corrected chi connectivity index (χ1v) is 6.07. The lowest BCUT2D eigenvalue weighted by Gasteiger charge is -2.15. The molecule has 0 fully saturated rings. The molecule has 0 aliphatic carbocycles. The zero-order chi connectivity index (χ0) is 13.0. The first-order chi connectivity index (χ1) is 8.69. The molecule has 0 amide bonds. The Balaban J connectivity index is 2.01. The van der Waals surface area contributed by atoms with E-state index in [-0.39, 0.29) is 6.04 Å². The summed E-state index contributed by atoms with van der Waals surface area (Å²) in [4.78, 5) is 4.47.